The van der Waals surface area contributed by atoms with E-state index in [0.717, 1.165) is 16.8 Å². The van der Waals surface area contributed by atoms with Gasteiger partial charge in [-0.3, -0.25) is 0 Å². The second-order valence-corrected chi connectivity index (χ2v) is 4.75. The standard InChI is InChI=1S/C12H15BrN4/c1-3-14-9(2)10-4-5-12(15-6-10)17-8-11(13)7-16-17/h4-9,14H,3H2,1-2H3. The van der Waals surface area contributed by atoms with Gasteiger partial charge in [0.05, 0.1) is 10.7 Å². The Balaban J connectivity index is 2.18. The number of hydrogen-bond donors (Lipinski definition) is 1. The molecule has 2 rings (SSSR count). The summed E-state index contributed by atoms with van der Waals surface area (Å²) >= 11 is 3.37. The van der Waals surface area contributed by atoms with Gasteiger partial charge in [-0.2, -0.15) is 5.10 Å². The van der Waals surface area contributed by atoms with Gasteiger partial charge in [0, 0.05) is 18.4 Å². The van der Waals surface area contributed by atoms with Crippen LogP contribution >= 0.6 is 15.9 Å². The average molecular weight is 295 g/mol. The Morgan fingerprint density at radius 3 is 2.76 bits per heavy atom. The Hall–Kier alpha value is -1.20. The van der Waals surface area contributed by atoms with Crippen molar-refractivity contribution in [2.75, 3.05) is 6.54 Å². The molecule has 0 aliphatic heterocycles. The van der Waals surface area contributed by atoms with E-state index in [2.05, 4.69) is 51.2 Å². The molecule has 2 aromatic rings. The summed E-state index contributed by atoms with van der Waals surface area (Å²) < 4.78 is 2.69. The molecule has 5 heteroatoms. The Morgan fingerprint density at radius 1 is 1.41 bits per heavy atom. The smallest absolute Gasteiger partial charge is 0.153 e. The molecule has 17 heavy (non-hydrogen) atoms. The lowest BCUT2D eigenvalue weighted by molar-refractivity contribution is 0.595. The quantitative estimate of drug-likeness (QED) is 0.943. The Kier molecular flexibility index (Phi) is 3.91. The predicted octanol–water partition coefficient (Wildman–Crippen LogP) is 2.70. The summed E-state index contributed by atoms with van der Waals surface area (Å²) in [6.07, 6.45) is 5.52. The van der Waals surface area contributed by atoms with Crippen molar-refractivity contribution in [2.45, 2.75) is 19.9 Å². The lowest BCUT2D eigenvalue weighted by Gasteiger charge is -2.12. The number of aromatic nitrogens is 3. The van der Waals surface area contributed by atoms with Crippen molar-refractivity contribution < 1.29 is 0 Å². The van der Waals surface area contributed by atoms with Crippen molar-refractivity contribution >= 4 is 15.9 Å². The van der Waals surface area contributed by atoms with Crippen molar-refractivity contribution in [3.8, 4) is 5.82 Å². The minimum Gasteiger partial charge on any atom is -0.310 e. The highest BCUT2D eigenvalue weighted by molar-refractivity contribution is 9.10. The fourth-order valence-corrected chi connectivity index (χ4v) is 1.92. The van der Waals surface area contributed by atoms with Gasteiger partial charge < -0.3 is 5.32 Å². The second-order valence-electron chi connectivity index (χ2n) is 3.83. The van der Waals surface area contributed by atoms with Crippen LogP contribution in [0.5, 0.6) is 0 Å². The summed E-state index contributed by atoms with van der Waals surface area (Å²) in [6.45, 7) is 5.18. The summed E-state index contributed by atoms with van der Waals surface area (Å²) in [6, 6.07) is 4.37. The topological polar surface area (TPSA) is 42.7 Å². The van der Waals surface area contributed by atoms with E-state index in [1.807, 2.05) is 18.5 Å². The van der Waals surface area contributed by atoms with E-state index in [1.54, 1.807) is 10.9 Å². The maximum absolute atomic E-state index is 4.41. The van der Waals surface area contributed by atoms with Crippen molar-refractivity contribution in [3.63, 3.8) is 0 Å². The zero-order valence-electron chi connectivity index (χ0n) is 9.89. The van der Waals surface area contributed by atoms with Crippen LogP contribution in [-0.4, -0.2) is 21.3 Å². The third kappa shape index (κ3) is 2.92. The number of rotatable bonds is 4. The number of pyridine rings is 1. The Morgan fingerprint density at radius 2 is 2.24 bits per heavy atom. The van der Waals surface area contributed by atoms with E-state index in [9.17, 15) is 0 Å². The van der Waals surface area contributed by atoms with Gasteiger partial charge in [-0.1, -0.05) is 13.0 Å². The molecule has 0 radical (unpaired) electrons. The second kappa shape index (κ2) is 5.42. The Bertz CT molecular complexity index is 478. The van der Waals surface area contributed by atoms with Crippen molar-refractivity contribution in [2.24, 2.45) is 0 Å². The van der Waals surface area contributed by atoms with Gasteiger partial charge in [-0.05, 0) is 41.0 Å². The highest BCUT2D eigenvalue weighted by atomic mass is 79.9. The van der Waals surface area contributed by atoms with Crippen molar-refractivity contribution in [1.29, 1.82) is 0 Å². The SMILES string of the molecule is CCNC(C)c1ccc(-n2cc(Br)cn2)nc1. The molecule has 0 saturated heterocycles. The lowest BCUT2D eigenvalue weighted by atomic mass is 10.1. The molecule has 0 fully saturated rings. The monoisotopic (exact) mass is 294 g/mol. The van der Waals surface area contributed by atoms with E-state index in [-0.39, 0.29) is 0 Å². The Labute approximate surface area is 109 Å². The van der Waals surface area contributed by atoms with Crippen molar-refractivity contribution in [1.82, 2.24) is 20.1 Å². The van der Waals surface area contributed by atoms with Gasteiger partial charge in [0.25, 0.3) is 0 Å². The summed E-state index contributed by atoms with van der Waals surface area (Å²) in [5, 5.41) is 7.54. The minimum atomic E-state index is 0.325. The van der Waals surface area contributed by atoms with E-state index >= 15 is 0 Å². The largest absolute Gasteiger partial charge is 0.310 e. The van der Waals surface area contributed by atoms with Crippen LogP contribution in [0.25, 0.3) is 5.82 Å². The summed E-state index contributed by atoms with van der Waals surface area (Å²) in [5.74, 6) is 0.822. The third-order valence-corrected chi connectivity index (χ3v) is 2.98. The third-order valence-electron chi connectivity index (χ3n) is 2.57. The molecule has 2 aromatic heterocycles. The van der Waals surface area contributed by atoms with Crippen LogP contribution in [0.1, 0.15) is 25.5 Å². The van der Waals surface area contributed by atoms with Crippen LogP contribution < -0.4 is 5.32 Å². The highest BCUT2D eigenvalue weighted by Crippen LogP contribution is 2.14. The average Bonchev–Trinajstić information content (AvgIpc) is 2.76. The summed E-state index contributed by atoms with van der Waals surface area (Å²) in [5.41, 5.74) is 1.18. The lowest BCUT2D eigenvalue weighted by Crippen LogP contribution is -2.17. The van der Waals surface area contributed by atoms with Gasteiger partial charge in [-0.25, -0.2) is 9.67 Å². The van der Waals surface area contributed by atoms with Crippen LogP contribution in [0.3, 0.4) is 0 Å². The molecule has 2 heterocycles. The molecule has 0 bridgehead atoms. The molecule has 1 N–H and O–H groups in total. The van der Waals surface area contributed by atoms with Gasteiger partial charge in [-0.15, -0.1) is 0 Å². The summed E-state index contributed by atoms with van der Waals surface area (Å²) in [4.78, 5) is 4.41. The van der Waals surface area contributed by atoms with Gasteiger partial charge >= 0.3 is 0 Å². The van der Waals surface area contributed by atoms with E-state index < -0.39 is 0 Å². The predicted molar refractivity (Wildman–Crippen MR) is 71.2 cm³/mol. The highest BCUT2D eigenvalue weighted by Gasteiger charge is 2.05. The first-order valence-electron chi connectivity index (χ1n) is 5.60. The van der Waals surface area contributed by atoms with Crippen LogP contribution in [0.15, 0.2) is 35.2 Å². The first kappa shape index (κ1) is 12.3. The van der Waals surface area contributed by atoms with Crippen LogP contribution in [0.2, 0.25) is 0 Å². The fourth-order valence-electron chi connectivity index (χ4n) is 1.64. The molecule has 4 nitrogen and oxygen atoms in total. The normalized spacial score (nSPS) is 12.6. The zero-order chi connectivity index (χ0) is 12.3. The molecule has 0 amide bonds. The van der Waals surface area contributed by atoms with Crippen LogP contribution in [-0.2, 0) is 0 Å². The number of nitrogens with one attached hydrogen (secondary N) is 1. The maximum atomic E-state index is 4.41. The molecule has 1 unspecified atom stereocenters. The van der Waals surface area contributed by atoms with Crippen LogP contribution in [0.4, 0.5) is 0 Å². The molecule has 1 atom stereocenters. The van der Waals surface area contributed by atoms with Gasteiger partial charge in [0.1, 0.15) is 0 Å². The fraction of sp³-hybridized carbons (Fsp3) is 0.333. The molecule has 0 spiro atoms. The number of nitrogens with zero attached hydrogens (tertiary/aromatic N) is 3. The molecular formula is C12H15BrN4. The van der Waals surface area contributed by atoms with Gasteiger partial charge in [0.15, 0.2) is 5.82 Å². The number of halogens is 1. The van der Waals surface area contributed by atoms with Crippen molar-refractivity contribution in [3.05, 3.63) is 40.8 Å². The minimum absolute atomic E-state index is 0.325. The molecule has 90 valence electrons. The van der Waals surface area contributed by atoms with Gasteiger partial charge in [0.2, 0.25) is 0 Å². The van der Waals surface area contributed by atoms with E-state index in [0.29, 0.717) is 6.04 Å². The van der Waals surface area contributed by atoms with Crippen LogP contribution in [0, 0.1) is 0 Å². The van der Waals surface area contributed by atoms with E-state index in [4.69, 9.17) is 0 Å². The summed E-state index contributed by atoms with van der Waals surface area (Å²) in [7, 11) is 0. The van der Waals surface area contributed by atoms with E-state index in [1.165, 1.54) is 5.56 Å². The molecule has 0 aliphatic rings. The molecule has 0 aliphatic carbocycles. The first-order chi connectivity index (χ1) is 8.20. The zero-order valence-corrected chi connectivity index (χ0v) is 11.5. The molecule has 0 aromatic carbocycles. The molecular weight excluding hydrogens is 280 g/mol. The number of hydrogen-bond acceptors (Lipinski definition) is 3. The first-order valence-corrected chi connectivity index (χ1v) is 6.40. The molecule has 0 saturated carbocycles. The maximum Gasteiger partial charge on any atom is 0.153 e.